The standard InChI is InChI=1S/C13H18N4O2S/c1-8-4-2-3-5-10(8)16-17-12(19)7-9-6-11(18)15-13(20)14-9/h6,8H,2-5,7H2,1H3,(H,17,19)(H2,14,15,18,20)/b16-10-/t8-/m1/s1. The largest absolute Gasteiger partial charge is 0.335 e. The summed E-state index contributed by atoms with van der Waals surface area (Å²) in [5, 5.41) is 4.20. The number of aromatic nitrogens is 2. The maximum Gasteiger partial charge on any atom is 0.251 e. The monoisotopic (exact) mass is 294 g/mol. The van der Waals surface area contributed by atoms with Gasteiger partial charge in [0.1, 0.15) is 0 Å². The molecule has 0 aromatic carbocycles. The first kappa shape index (κ1) is 14.6. The van der Waals surface area contributed by atoms with E-state index in [9.17, 15) is 9.59 Å². The van der Waals surface area contributed by atoms with Crippen LogP contribution in [-0.4, -0.2) is 21.6 Å². The summed E-state index contributed by atoms with van der Waals surface area (Å²) in [7, 11) is 0. The first-order chi connectivity index (χ1) is 9.54. The minimum absolute atomic E-state index is 0.0543. The lowest BCUT2D eigenvalue weighted by Crippen LogP contribution is -2.26. The Morgan fingerprint density at radius 1 is 1.50 bits per heavy atom. The number of carbonyl (C=O) groups is 1. The fourth-order valence-electron chi connectivity index (χ4n) is 2.30. The maximum absolute atomic E-state index is 11.8. The van der Waals surface area contributed by atoms with Crippen molar-refractivity contribution in [1.29, 1.82) is 0 Å². The second-order valence-corrected chi connectivity index (χ2v) is 5.48. The molecule has 0 bridgehead atoms. The molecule has 20 heavy (non-hydrogen) atoms. The number of H-pyrrole nitrogens is 2. The Hall–Kier alpha value is -1.76. The topological polar surface area (TPSA) is 90.1 Å². The van der Waals surface area contributed by atoms with Crippen LogP contribution in [-0.2, 0) is 11.2 Å². The van der Waals surface area contributed by atoms with E-state index in [4.69, 9.17) is 12.2 Å². The quantitative estimate of drug-likeness (QED) is 0.585. The van der Waals surface area contributed by atoms with Crippen LogP contribution in [0.25, 0.3) is 0 Å². The number of hydrogen-bond acceptors (Lipinski definition) is 4. The van der Waals surface area contributed by atoms with E-state index < -0.39 is 0 Å². The van der Waals surface area contributed by atoms with Gasteiger partial charge in [0.25, 0.3) is 5.56 Å². The summed E-state index contributed by atoms with van der Waals surface area (Å²) in [4.78, 5) is 28.2. The zero-order valence-electron chi connectivity index (χ0n) is 11.4. The van der Waals surface area contributed by atoms with Gasteiger partial charge in [-0.05, 0) is 37.4 Å². The van der Waals surface area contributed by atoms with E-state index in [0.29, 0.717) is 11.6 Å². The van der Waals surface area contributed by atoms with Crippen molar-refractivity contribution in [2.24, 2.45) is 11.0 Å². The Labute approximate surface area is 121 Å². The third-order valence-electron chi connectivity index (χ3n) is 3.38. The fourth-order valence-corrected chi connectivity index (χ4v) is 2.53. The third-order valence-corrected chi connectivity index (χ3v) is 3.58. The van der Waals surface area contributed by atoms with Crippen molar-refractivity contribution < 1.29 is 4.79 Å². The number of carbonyl (C=O) groups excluding carboxylic acids is 1. The van der Waals surface area contributed by atoms with Crippen LogP contribution in [0, 0.1) is 10.7 Å². The van der Waals surface area contributed by atoms with E-state index >= 15 is 0 Å². The maximum atomic E-state index is 11.8. The van der Waals surface area contributed by atoms with Crippen molar-refractivity contribution in [3.8, 4) is 0 Å². The van der Waals surface area contributed by atoms with Gasteiger partial charge in [-0.1, -0.05) is 13.3 Å². The van der Waals surface area contributed by atoms with Gasteiger partial charge in [-0.3, -0.25) is 14.6 Å². The Bertz CT molecular complexity index is 603. The second kappa shape index (κ2) is 6.60. The molecule has 1 aromatic heterocycles. The first-order valence-corrected chi connectivity index (χ1v) is 7.13. The molecule has 1 heterocycles. The minimum atomic E-state index is -0.316. The number of aromatic amines is 2. The molecular formula is C13H18N4O2S. The zero-order chi connectivity index (χ0) is 14.5. The summed E-state index contributed by atoms with van der Waals surface area (Å²) in [5.41, 5.74) is 3.76. The highest BCUT2D eigenvalue weighted by molar-refractivity contribution is 7.71. The number of hydrazone groups is 1. The van der Waals surface area contributed by atoms with Crippen molar-refractivity contribution in [3.63, 3.8) is 0 Å². The summed E-state index contributed by atoms with van der Waals surface area (Å²) >= 11 is 4.85. The van der Waals surface area contributed by atoms with E-state index in [2.05, 4.69) is 27.4 Å². The van der Waals surface area contributed by atoms with Crippen LogP contribution in [0.4, 0.5) is 0 Å². The molecule has 0 aliphatic heterocycles. The first-order valence-electron chi connectivity index (χ1n) is 6.72. The SMILES string of the molecule is C[C@@H]1CCCC/C1=N/NC(=O)Cc1cc(=O)[nH]c(=S)[nH]1. The lowest BCUT2D eigenvalue weighted by molar-refractivity contribution is -0.120. The smallest absolute Gasteiger partial charge is 0.251 e. The summed E-state index contributed by atoms with van der Waals surface area (Å²) < 4.78 is 0.215. The molecule has 1 atom stereocenters. The van der Waals surface area contributed by atoms with Crippen molar-refractivity contribution in [3.05, 3.63) is 26.9 Å². The summed E-state index contributed by atoms with van der Waals surface area (Å²) in [6.07, 6.45) is 4.46. The number of amides is 1. The van der Waals surface area contributed by atoms with Crippen LogP contribution in [0.15, 0.2) is 16.0 Å². The third kappa shape index (κ3) is 4.12. The minimum Gasteiger partial charge on any atom is -0.335 e. The average molecular weight is 294 g/mol. The Morgan fingerprint density at radius 2 is 2.30 bits per heavy atom. The van der Waals surface area contributed by atoms with Gasteiger partial charge in [-0.2, -0.15) is 5.10 Å². The van der Waals surface area contributed by atoms with Crippen molar-refractivity contribution in [1.82, 2.24) is 15.4 Å². The van der Waals surface area contributed by atoms with Crippen LogP contribution in [0.5, 0.6) is 0 Å². The Morgan fingerprint density at radius 3 is 3.00 bits per heavy atom. The molecule has 0 radical (unpaired) electrons. The second-order valence-electron chi connectivity index (χ2n) is 5.07. The van der Waals surface area contributed by atoms with E-state index in [1.807, 2.05) is 0 Å². The van der Waals surface area contributed by atoms with Gasteiger partial charge in [0.05, 0.1) is 6.42 Å². The molecule has 1 amide bonds. The van der Waals surface area contributed by atoms with E-state index in [1.165, 1.54) is 12.5 Å². The molecule has 3 N–H and O–H groups in total. The van der Waals surface area contributed by atoms with Crippen LogP contribution < -0.4 is 11.0 Å². The molecule has 1 aliphatic carbocycles. The van der Waals surface area contributed by atoms with Crippen molar-refractivity contribution in [2.75, 3.05) is 0 Å². The lowest BCUT2D eigenvalue weighted by Gasteiger charge is -2.19. The highest BCUT2D eigenvalue weighted by Crippen LogP contribution is 2.20. The highest BCUT2D eigenvalue weighted by Gasteiger charge is 2.16. The van der Waals surface area contributed by atoms with Gasteiger partial charge >= 0.3 is 0 Å². The fraction of sp³-hybridized carbons (Fsp3) is 0.538. The van der Waals surface area contributed by atoms with Gasteiger partial charge < -0.3 is 4.98 Å². The number of nitrogens with zero attached hydrogens (tertiary/aromatic N) is 1. The van der Waals surface area contributed by atoms with Gasteiger partial charge in [-0.25, -0.2) is 5.43 Å². The van der Waals surface area contributed by atoms with E-state index in [0.717, 1.165) is 25.0 Å². The van der Waals surface area contributed by atoms with E-state index in [1.54, 1.807) is 0 Å². The average Bonchev–Trinajstić information content (AvgIpc) is 2.36. The molecule has 0 saturated heterocycles. The van der Waals surface area contributed by atoms with Gasteiger partial charge in [0.2, 0.25) is 5.91 Å². The van der Waals surface area contributed by atoms with Crippen LogP contribution in [0.3, 0.4) is 0 Å². The lowest BCUT2D eigenvalue weighted by atomic mass is 9.89. The molecule has 108 valence electrons. The molecule has 1 aliphatic rings. The normalized spacial score (nSPS) is 20.9. The molecule has 0 unspecified atom stereocenters. The molecule has 1 fully saturated rings. The number of nitrogens with one attached hydrogen (secondary N) is 3. The summed E-state index contributed by atoms with van der Waals surface area (Å²) in [6, 6.07) is 1.33. The molecule has 2 rings (SSSR count). The van der Waals surface area contributed by atoms with E-state index in [-0.39, 0.29) is 22.7 Å². The molecule has 1 aromatic rings. The molecule has 7 heteroatoms. The molecular weight excluding hydrogens is 276 g/mol. The Balaban J connectivity index is 1.97. The van der Waals surface area contributed by atoms with Gasteiger partial charge in [-0.15, -0.1) is 0 Å². The van der Waals surface area contributed by atoms with Crippen molar-refractivity contribution >= 4 is 23.8 Å². The highest BCUT2D eigenvalue weighted by atomic mass is 32.1. The van der Waals surface area contributed by atoms with Crippen LogP contribution >= 0.6 is 12.2 Å². The number of hydrogen-bond donors (Lipinski definition) is 3. The van der Waals surface area contributed by atoms with Crippen LogP contribution in [0.2, 0.25) is 0 Å². The van der Waals surface area contributed by atoms with Gasteiger partial charge in [0.15, 0.2) is 4.77 Å². The summed E-state index contributed by atoms with van der Waals surface area (Å²) in [6.45, 7) is 2.12. The summed E-state index contributed by atoms with van der Waals surface area (Å²) in [5.74, 6) is 0.168. The molecule has 0 spiro atoms. The van der Waals surface area contributed by atoms with Crippen molar-refractivity contribution in [2.45, 2.75) is 39.0 Å². The Kier molecular flexibility index (Phi) is 4.84. The molecule has 6 nitrogen and oxygen atoms in total. The molecule has 1 saturated carbocycles. The van der Waals surface area contributed by atoms with Gasteiger partial charge in [0, 0.05) is 17.5 Å². The predicted octanol–water partition coefficient (Wildman–Crippen LogP) is 1.66. The predicted molar refractivity (Wildman–Crippen MR) is 79.2 cm³/mol. The zero-order valence-corrected chi connectivity index (χ0v) is 12.2. The number of rotatable bonds is 3. The van der Waals surface area contributed by atoms with Crippen LogP contribution in [0.1, 0.15) is 38.3 Å².